The number of carbonyl (C=O) groups is 1. The number of rotatable bonds is 9. The number of ether oxygens (including phenoxy) is 2. The molecule has 0 saturated carbocycles. The summed E-state index contributed by atoms with van der Waals surface area (Å²) in [5, 5.41) is 27.0. The third-order valence-corrected chi connectivity index (χ3v) is 4.86. The lowest BCUT2D eigenvalue weighted by Gasteiger charge is -2.26. The summed E-state index contributed by atoms with van der Waals surface area (Å²) < 4.78 is 25.2. The number of nitrogens with zero attached hydrogens (tertiary/aromatic N) is 3. The molecule has 0 unspecified atom stereocenters. The van der Waals surface area contributed by atoms with Crippen LogP contribution in [0.25, 0.3) is 0 Å². The van der Waals surface area contributed by atoms with Gasteiger partial charge in [0.1, 0.15) is 6.07 Å². The van der Waals surface area contributed by atoms with Crippen molar-refractivity contribution >= 4 is 23.4 Å². The Bertz CT molecular complexity index is 1180. The number of nitrogens with one attached hydrogen (secondary N) is 3. The van der Waals surface area contributed by atoms with E-state index in [1.54, 1.807) is 43.3 Å². The molecule has 0 radical (unpaired) electrons. The zero-order chi connectivity index (χ0) is 24.7. The van der Waals surface area contributed by atoms with E-state index in [-0.39, 0.29) is 29.0 Å². The van der Waals surface area contributed by atoms with Gasteiger partial charge in [-0.25, -0.2) is 14.2 Å². The largest absolute Gasteiger partial charge is 0.481 e. The van der Waals surface area contributed by atoms with Crippen LogP contribution >= 0.6 is 0 Å². The smallest absolute Gasteiger partial charge is 0.404 e. The zero-order valence-corrected chi connectivity index (χ0v) is 18.7. The van der Waals surface area contributed by atoms with Gasteiger partial charge >= 0.3 is 6.09 Å². The lowest BCUT2D eigenvalue weighted by Crippen LogP contribution is -2.39. The average Bonchev–Trinajstić information content (AvgIpc) is 2.83. The molecule has 4 N–H and O–H groups in total. The van der Waals surface area contributed by atoms with Gasteiger partial charge in [-0.3, -0.25) is 0 Å². The molecule has 1 aromatic carbocycles. The molecule has 0 aliphatic heterocycles. The summed E-state index contributed by atoms with van der Waals surface area (Å²) >= 11 is 0. The van der Waals surface area contributed by atoms with Crippen molar-refractivity contribution in [2.24, 2.45) is 0 Å². The maximum atomic E-state index is 14.9. The minimum absolute atomic E-state index is 0.0363. The van der Waals surface area contributed by atoms with Gasteiger partial charge < -0.3 is 30.5 Å². The van der Waals surface area contributed by atoms with Gasteiger partial charge in [0, 0.05) is 12.1 Å². The number of methoxy groups -OCH3 is 2. The molecule has 3 rings (SSSR count). The van der Waals surface area contributed by atoms with Gasteiger partial charge in [-0.15, -0.1) is 0 Å². The van der Waals surface area contributed by atoms with Crippen LogP contribution in [0.3, 0.4) is 0 Å². The fourth-order valence-corrected chi connectivity index (χ4v) is 3.25. The predicted octanol–water partition coefficient (Wildman–Crippen LogP) is 4.06. The molecule has 34 heavy (non-hydrogen) atoms. The van der Waals surface area contributed by atoms with Crippen molar-refractivity contribution in [2.75, 3.05) is 24.9 Å². The van der Waals surface area contributed by atoms with Crippen LogP contribution in [-0.4, -0.2) is 41.4 Å². The monoisotopic (exact) mass is 466 g/mol. The molecule has 10 nitrogen and oxygen atoms in total. The van der Waals surface area contributed by atoms with E-state index >= 15 is 0 Å². The predicted molar refractivity (Wildman–Crippen MR) is 123 cm³/mol. The van der Waals surface area contributed by atoms with Crippen molar-refractivity contribution in [1.82, 2.24) is 15.3 Å². The van der Waals surface area contributed by atoms with Crippen molar-refractivity contribution in [3.05, 3.63) is 65.5 Å². The van der Waals surface area contributed by atoms with E-state index in [9.17, 15) is 14.4 Å². The first kappa shape index (κ1) is 24.1. The minimum Gasteiger partial charge on any atom is -0.481 e. The van der Waals surface area contributed by atoms with Crippen LogP contribution < -0.4 is 25.4 Å². The molecular formula is C23H23FN6O4. The third-order valence-electron chi connectivity index (χ3n) is 4.86. The normalized spacial score (nSPS) is 12.1. The molecule has 0 aliphatic carbocycles. The van der Waals surface area contributed by atoms with Crippen LogP contribution in [0.4, 0.5) is 26.5 Å². The van der Waals surface area contributed by atoms with Crippen LogP contribution in [0, 0.1) is 17.1 Å². The number of halogens is 1. The van der Waals surface area contributed by atoms with E-state index in [2.05, 4.69) is 25.9 Å². The first-order valence-corrected chi connectivity index (χ1v) is 10.1. The first-order valence-electron chi connectivity index (χ1n) is 10.1. The number of hydrogen-bond acceptors (Lipinski definition) is 8. The number of amides is 1. The van der Waals surface area contributed by atoms with Gasteiger partial charge in [0.15, 0.2) is 17.5 Å². The lowest BCUT2D eigenvalue weighted by molar-refractivity contribution is 0.189. The Morgan fingerprint density at radius 1 is 1.09 bits per heavy atom. The quantitative estimate of drug-likeness (QED) is 0.367. The average molecular weight is 466 g/mol. The molecule has 1 amide bonds. The molecule has 176 valence electrons. The van der Waals surface area contributed by atoms with E-state index in [1.807, 2.05) is 12.1 Å². The Morgan fingerprint density at radius 3 is 2.29 bits per heavy atom. The topological polar surface area (TPSA) is 141 Å². The Balaban J connectivity index is 1.99. The van der Waals surface area contributed by atoms with Crippen LogP contribution in [0.15, 0.2) is 48.5 Å². The third kappa shape index (κ3) is 5.80. The zero-order valence-electron chi connectivity index (χ0n) is 18.7. The SMILES string of the molecule is COc1cc(Nc2nc(N[C@H](c3ccccc3)[C@H](C)NC(=O)O)c(F)cc2C#N)cc(OC)n1. The Hall–Kier alpha value is -4.59. The number of pyridine rings is 2. The van der Waals surface area contributed by atoms with E-state index in [0.717, 1.165) is 6.07 Å². The minimum atomic E-state index is -1.22. The van der Waals surface area contributed by atoms with Crippen molar-refractivity contribution in [3.8, 4) is 17.8 Å². The molecule has 0 fully saturated rings. The molecule has 0 bridgehead atoms. The number of anilines is 3. The Kier molecular flexibility index (Phi) is 7.66. The molecule has 3 aromatic rings. The molecule has 0 aliphatic rings. The van der Waals surface area contributed by atoms with Crippen molar-refractivity contribution in [1.29, 1.82) is 5.26 Å². The second-order valence-corrected chi connectivity index (χ2v) is 7.16. The van der Waals surface area contributed by atoms with Crippen molar-refractivity contribution in [2.45, 2.75) is 19.0 Å². The highest BCUT2D eigenvalue weighted by Crippen LogP contribution is 2.29. The Labute approximate surface area is 195 Å². The highest BCUT2D eigenvalue weighted by Gasteiger charge is 2.24. The van der Waals surface area contributed by atoms with Gasteiger partial charge in [0.25, 0.3) is 0 Å². The van der Waals surface area contributed by atoms with Crippen LogP contribution in [0.1, 0.15) is 24.1 Å². The number of carboxylic acid groups (broad SMARTS) is 1. The van der Waals surface area contributed by atoms with E-state index in [4.69, 9.17) is 14.6 Å². The first-order chi connectivity index (χ1) is 16.3. The second kappa shape index (κ2) is 10.8. The fourth-order valence-electron chi connectivity index (χ4n) is 3.25. The van der Waals surface area contributed by atoms with Crippen LogP contribution in [0.2, 0.25) is 0 Å². The summed E-state index contributed by atoms with van der Waals surface area (Å²) in [6.07, 6.45) is -1.22. The fraction of sp³-hybridized carbons (Fsp3) is 0.217. The molecule has 11 heteroatoms. The Morgan fingerprint density at radius 2 is 1.74 bits per heavy atom. The number of aromatic nitrogens is 2. The highest BCUT2D eigenvalue weighted by molar-refractivity contribution is 5.67. The standard InChI is InChI=1S/C23H23FN6O4/c1-13(26-23(31)32)20(14-7-5-4-6-8-14)29-22-17(24)9-15(12-25)21(30-22)27-16-10-18(33-2)28-19(11-16)34-3/h4-11,13,20,26H,1-3H3,(H,31,32)(H2,27,28,29,30)/t13-,20-/m0/s1. The summed E-state index contributed by atoms with van der Waals surface area (Å²) in [5.41, 5.74) is 1.13. The maximum Gasteiger partial charge on any atom is 0.404 e. The highest BCUT2D eigenvalue weighted by atomic mass is 19.1. The van der Waals surface area contributed by atoms with Gasteiger partial charge in [0.05, 0.1) is 37.6 Å². The van der Waals surface area contributed by atoms with Crippen LogP contribution in [0.5, 0.6) is 11.8 Å². The van der Waals surface area contributed by atoms with Gasteiger partial charge in [-0.1, -0.05) is 30.3 Å². The van der Waals surface area contributed by atoms with Gasteiger partial charge in [0.2, 0.25) is 11.8 Å². The van der Waals surface area contributed by atoms with Gasteiger partial charge in [-0.05, 0) is 18.6 Å². The summed E-state index contributed by atoms with van der Waals surface area (Å²) in [5.74, 6) is -0.331. The summed E-state index contributed by atoms with van der Waals surface area (Å²) in [4.78, 5) is 19.6. The second-order valence-electron chi connectivity index (χ2n) is 7.16. The summed E-state index contributed by atoms with van der Waals surface area (Å²) in [6.45, 7) is 1.65. The van der Waals surface area contributed by atoms with E-state index in [0.29, 0.717) is 11.3 Å². The number of benzene rings is 1. The molecule has 2 atom stereocenters. The maximum absolute atomic E-state index is 14.9. The van der Waals surface area contributed by atoms with Crippen molar-refractivity contribution < 1.29 is 23.8 Å². The van der Waals surface area contributed by atoms with E-state index < -0.39 is 24.0 Å². The summed E-state index contributed by atoms with van der Waals surface area (Å²) in [6, 6.07) is 13.8. The number of nitriles is 1. The lowest BCUT2D eigenvalue weighted by atomic mass is 10.0. The van der Waals surface area contributed by atoms with E-state index in [1.165, 1.54) is 14.2 Å². The molecule has 2 heterocycles. The molecular weight excluding hydrogens is 443 g/mol. The molecule has 0 saturated heterocycles. The van der Waals surface area contributed by atoms with Gasteiger partial charge in [-0.2, -0.15) is 10.2 Å². The van der Waals surface area contributed by atoms with Crippen LogP contribution in [-0.2, 0) is 0 Å². The number of hydrogen-bond donors (Lipinski definition) is 4. The summed E-state index contributed by atoms with van der Waals surface area (Å²) in [7, 11) is 2.89. The molecule has 0 spiro atoms. The molecule has 2 aromatic heterocycles. The van der Waals surface area contributed by atoms with Crippen molar-refractivity contribution in [3.63, 3.8) is 0 Å².